The van der Waals surface area contributed by atoms with Crippen LogP contribution in [0.2, 0.25) is 0 Å². The molecular formula is C14H22N2O2S. The average Bonchev–Trinajstić information content (AvgIpc) is 2.36. The summed E-state index contributed by atoms with van der Waals surface area (Å²) >= 11 is 1.55. The van der Waals surface area contributed by atoms with Gasteiger partial charge in [-0.1, -0.05) is 0 Å². The van der Waals surface area contributed by atoms with Crippen LogP contribution in [-0.4, -0.2) is 49.3 Å². The highest BCUT2D eigenvalue weighted by Crippen LogP contribution is 2.13. The number of nitrogens with zero attached hydrogens (tertiary/aromatic N) is 1. The van der Waals surface area contributed by atoms with Gasteiger partial charge in [0, 0.05) is 37.6 Å². The lowest BCUT2D eigenvalue weighted by Crippen LogP contribution is -2.42. The Kier molecular flexibility index (Phi) is 5.69. The number of carbonyl (C=O) groups excluding carboxylic acids is 1. The Morgan fingerprint density at radius 3 is 2.42 bits per heavy atom. The molecule has 5 heteroatoms. The molecule has 0 radical (unpaired) electrons. The fourth-order valence-corrected chi connectivity index (χ4v) is 2.37. The second-order valence-electron chi connectivity index (χ2n) is 5.05. The van der Waals surface area contributed by atoms with Crippen molar-refractivity contribution in [3.63, 3.8) is 0 Å². The first-order chi connectivity index (χ1) is 8.85. The van der Waals surface area contributed by atoms with E-state index in [1.54, 1.807) is 30.8 Å². The summed E-state index contributed by atoms with van der Waals surface area (Å²) in [6, 6.07) is 7.37. The number of benzene rings is 1. The van der Waals surface area contributed by atoms with Crippen LogP contribution in [0.25, 0.3) is 0 Å². The smallest absolute Gasteiger partial charge is 0.251 e. The Balaban J connectivity index is 2.59. The maximum atomic E-state index is 11.9. The lowest BCUT2D eigenvalue weighted by atomic mass is 10.1. The summed E-state index contributed by atoms with van der Waals surface area (Å²) in [6.45, 7) is 1.97. The number of anilines is 1. The van der Waals surface area contributed by atoms with Gasteiger partial charge in [-0.05, 0) is 37.4 Å². The van der Waals surface area contributed by atoms with Crippen molar-refractivity contribution in [2.45, 2.75) is 12.5 Å². The van der Waals surface area contributed by atoms with Gasteiger partial charge in [0.05, 0.1) is 5.60 Å². The van der Waals surface area contributed by atoms with E-state index in [-0.39, 0.29) is 12.5 Å². The van der Waals surface area contributed by atoms with Crippen molar-refractivity contribution in [2.75, 3.05) is 37.5 Å². The Hall–Kier alpha value is -1.20. The molecule has 0 saturated heterocycles. The van der Waals surface area contributed by atoms with Crippen molar-refractivity contribution >= 4 is 23.4 Å². The first kappa shape index (κ1) is 15.9. The van der Waals surface area contributed by atoms with Crippen LogP contribution < -0.4 is 10.2 Å². The second-order valence-corrected chi connectivity index (χ2v) is 5.92. The van der Waals surface area contributed by atoms with E-state index >= 15 is 0 Å². The molecular weight excluding hydrogens is 260 g/mol. The monoisotopic (exact) mass is 282 g/mol. The highest BCUT2D eigenvalue weighted by atomic mass is 32.2. The van der Waals surface area contributed by atoms with Crippen molar-refractivity contribution < 1.29 is 9.90 Å². The van der Waals surface area contributed by atoms with Crippen LogP contribution in [0.3, 0.4) is 0 Å². The molecule has 1 aromatic carbocycles. The van der Waals surface area contributed by atoms with Gasteiger partial charge < -0.3 is 15.3 Å². The number of amides is 1. The highest BCUT2D eigenvalue weighted by Gasteiger charge is 2.20. The first-order valence-electron chi connectivity index (χ1n) is 6.12. The topological polar surface area (TPSA) is 52.6 Å². The molecule has 1 rings (SSSR count). The Labute approximate surface area is 119 Å². The largest absolute Gasteiger partial charge is 0.387 e. The van der Waals surface area contributed by atoms with Gasteiger partial charge in [0.1, 0.15) is 0 Å². The Morgan fingerprint density at radius 1 is 1.37 bits per heavy atom. The van der Waals surface area contributed by atoms with Crippen molar-refractivity contribution in [1.82, 2.24) is 5.32 Å². The molecule has 0 fully saturated rings. The molecule has 0 saturated carbocycles. The predicted molar refractivity (Wildman–Crippen MR) is 82.1 cm³/mol. The van der Waals surface area contributed by atoms with Gasteiger partial charge in [-0.3, -0.25) is 4.79 Å². The molecule has 1 atom stereocenters. The van der Waals surface area contributed by atoms with E-state index in [2.05, 4.69) is 5.32 Å². The number of hydrogen-bond donors (Lipinski definition) is 2. The molecule has 0 spiro atoms. The number of rotatable bonds is 6. The zero-order chi connectivity index (χ0) is 14.5. The minimum Gasteiger partial charge on any atom is -0.387 e. The van der Waals surface area contributed by atoms with Crippen LogP contribution in [0.15, 0.2) is 24.3 Å². The van der Waals surface area contributed by atoms with Crippen LogP contribution in [0.4, 0.5) is 5.69 Å². The molecule has 2 N–H and O–H groups in total. The predicted octanol–water partition coefficient (Wildman–Crippen LogP) is 1.60. The maximum Gasteiger partial charge on any atom is 0.251 e. The van der Waals surface area contributed by atoms with Gasteiger partial charge in [-0.2, -0.15) is 11.8 Å². The van der Waals surface area contributed by atoms with Crippen LogP contribution in [0, 0.1) is 0 Å². The van der Waals surface area contributed by atoms with Crippen molar-refractivity contribution in [2.24, 2.45) is 0 Å². The third kappa shape index (κ3) is 5.12. The summed E-state index contributed by atoms with van der Waals surface area (Å²) in [5, 5.41) is 12.7. The van der Waals surface area contributed by atoms with E-state index in [1.165, 1.54) is 0 Å². The van der Waals surface area contributed by atoms with E-state index in [9.17, 15) is 9.90 Å². The van der Waals surface area contributed by atoms with E-state index in [0.29, 0.717) is 11.3 Å². The van der Waals surface area contributed by atoms with E-state index in [0.717, 1.165) is 5.69 Å². The second kappa shape index (κ2) is 6.82. The van der Waals surface area contributed by atoms with Gasteiger partial charge >= 0.3 is 0 Å². The summed E-state index contributed by atoms with van der Waals surface area (Å²) in [7, 11) is 3.91. The standard InChI is InChI=1S/C14H22N2O2S/c1-14(18,10-19-4)9-15-13(17)11-5-7-12(8-6-11)16(2)3/h5-8,18H,9-10H2,1-4H3,(H,15,17)/t14-/m1/s1. The van der Waals surface area contributed by atoms with E-state index in [1.807, 2.05) is 37.4 Å². The molecule has 106 valence electrons. The fraction of sp³-hybridized carbons (Fsp3) is 0.500. The van der Waals surface area contributed by atoms with Crippen molar-refractivity contribution in [1.29, 1.82) is 0 Å². The van der Waals surface area contributed by atoms with Gasteiger partial charge in [0.25, 0.3) is 5.91 Å². The minimum atomic E-state index is -0.876. The summed E-state index contributed by atoms with van der Waals surface area (Å²) in [5.41, 5.74) is 0.773. The number of nitrogens with one attached hydrogen (secondary N) is 1. The van der Waals surface area contributed by atoms with E-state index < -0.39 is 5.60 Å². The third-order valence-electron chi connectivity index (χ3n) is 2.73. The SMILES string of the molecule is CSC[C@](C)(O)CNC(=O)c1ccc(N(C)C)cc1. The number of aliphatic hydroxyl groups is 1. The summed E-state index contributed by atoms with van der Waals surface area (Å²) in [6.07, 6.45) is 1.93. The zero-order valence-corrected chi connectivity index (χ0v) is 12.8. The first-order valence-corrected chi connectivity index (χ1v) is 7.52. The average molecular weight is 282 g/mol. The molecule has 0 bridgehead atoms. The molecule has 0 aliphatic heterocycles. The molecule has 19 heavy (non-hydrogen) atoms. The maximum absolute atomic E-state index is 11.9. The minimum absolute atomic E-state index is 0.160. The lowest BCUT2D eigenvalue weighted by molar-refractivity contribution is 0.0725. The summed E-state index contributed by atoms with van der Waals surface area (Å²) in [4.78, 5) is 13.9. The highest BCUT2D eigenvalue weighted by molar-refractivity contribution is 7.98. The zero-order valence-electron chi connectivity index (χ0n) is 11.9. The molecule has 0 aliphatic carbocycles. The molecule has 0 aliphatic rings. The molecule has 1 aromatic rings. The Bertz CT molecular complexity index is 416. The van der Waals surface area contributed by atoms with Crippen molar-refractivity contribution in [3.8, 4) is 0 Å². The van der Waals surface area contributed by atoms with Gasteiger partial charge in [-0.25, -0.2) is 0 Å². The molecule has 0 aromatic heterocycles. The third-order valence-corrected chi connectivity index (χ3v) is 3.64. The number of carbonyl (C=O) groups is 1. The fourth-order valence-electron chi connectivity index (χ4n) is 1.65. The van der Waals surface area contributed by atoms with Gasteiger partial charge in [0.2, 0.25) is 0 Å². The van der Waals surface area contributed by atoms with Crippen molar-refractivity contribution in [3.05, 3.63) is 29.8 Å². The van der Waals surface area contributed by atoms with Crippen LogP contribution in [0.1, 0.15) is 17.3 Å². The van der Waals surface area contributed by atoms with Crippen LogP contribution in [-0.2, 0) is 0 Å². The Morgan fingerprint density at radius 2 is 1.95 bits per heavy atom. The van der Waals surface area contributed by atoms with E-state index in [4.69, 9.17) is 0 Å². The molecule has 4 nitrogen and oxygen atoms in total. The van der Waals surface area contributed by atoms with Gasteiger partial charge in [-0.15, -0.1) is 0 Å². The lowest BCUT2D eigenvalue weighted by Gasteiger charge is -2.22. The molecule has 0 unspecified atom stereocenters. The van der Waals surface area contributed by atoms with Crippen LogP contribution in [0.5, 0.6) is 0 Å². The van der Waals surface area contributed by atoms with Crippen LogP contribution >= 0.6 is 11.8 Å². The quantitative estimate of drug-likeness (QED) is 0.832. The van der Waals surface area contributed by atoms with Gasteiger partial charge in [0.15, 0.2) is 0 Å². The molecule has 0 heterocycles. The number of thioether (sulfide) groups is 1. The number of hydrogen-bond acceptors (Lipinski definition) is 4. The molecule has 1 amide bonds. The normalized spacial score (nSPS) is 13.7. The summed E-state index contributed by atoms with van der Waals surface area (Å²) < 4.78 is 0. The summed E-state index contributed by atoms with van der Waals surface area (Å²) in [5.74, 6) is 0.430.